The van der Waals surface area contributed by atoms with E-state index in [-0.39, 0.29) is 0 Å². The van der Waals surface area contributed by atoms with Crippen LogP contribution in [0.4, 0.5) is 8.78 Å². The minimum Gasteiger partial charge on any atom is -0.324 e. The fourth-order valence-electron chi connectivity index (χ4n) is 2.21. The zero-order valence-electron chi connectivity index (χ0n) is 8.71. The van der Waals surface area contributed by atoms with E-state index in [9.17, 15) is 8.78 Å². The Kier molecular flexibility index (Phi) is 2.30. The zero-order valence-corrected chi connectivity index (χ0v) is 8.71. The maximum Gasteiger partial charge on any atom is 0.253 e. The van der Waals surface area contributed by atoms with Gasteiger partial charge in [-0.3, -0.25) is 0 Å². The zero-order chi connectivity index (χ0) is 11.1. The van der Waals surface area contributed by atoms with Crippen LogP contribution in [0.15, 0.2) is 30.3 Å². The van der Waals surface area contributed by atoms with Crippen molar-refractivity contribution in [3.05, 3.63) is 35.9 Å². The molecule has 0 bridgehead atoms. The first-order chi connectivity index (χ1) is 6.93. The van der Waals surface area contributed by atoms with Gasteiger partial charge in [-0.05, 0) is 18.4 Å². The van der Waals surface area contributed by atoms with E-state index < -0.39 is 17.4 Å². The van der Waals surface area contributed by atoms with Crippen molar-refractivity contribution < 1.29 is 8.78 Å². The van der Waals surface area contributed by atoms with Gasteiger partial charge in [0.05, 0.1) is 5.92 Å². The maximum absolute atomic E-state index is 13.5. The van der Waals surface area contributed by atoms with Crippen molar-refractivity contribution in [2.45, 2.75) is 37.1 Å². The number of benzene rings is 1. The summed E-state index contributed by atoms with van der Waals surface area (Å²) >= 11 is 0. The Hall–Kier alpha value is -0.960. The molecule has 1 aliphatic carbocycles. The molecule has 0 heterocycles. The van der Waals surface area contributed by atoms with Crippen LogP contribution in [0.1, 0.15) is 31.2 Å². The highest BCUT2D eigenvalue weighted by Gasteiger charge is 2.55. The molecule has 82 valence electrons. The van der Waals surface area contributed by atoms with E-state index in [4.69, 9.17) is 5.73 Å². The molecule has 3 heteroatoms. The first-order valence-electron chi connectivity index (χ1n) is 5.15. The van der Waals surface area contributed by atoms with Gasteiger partial charge in [0.1, 0.15) is 0 Å². The van der Waals surface area contributed by atoms with Gasteiger partial charge in [0.2, 0.25) is 0 Å². The summed E-state index contributed by atoms with van der Waals surface area (Å²) in [7, 11) is 0. The fraction of sp³-hybridized carbons (Fsp3) is 0.500. The van der Waals surface area contributed by atoms with Crippen molar-refractivity contribution in [3.8, 4) is 0 Å². The van der Waals surface area contributed by atoms with Gasteiger partial charge in [0, 0.05) is 12.5 Å². The van der Waals surface area contributed by atoms with Crippen molar-refractivity contribution in [3.63, 3.8) is 0 Å². The Morgan fingerprint density at radius 1 is 1.27 bits per heavy atom. The smallest absolute Gasteiger partial charge is 0.253 e. The van der Waals surface area contributed by atoms with Gasteiger partial charge in [-0.15, -0.1) is 0 Å². The van der Waals surface area contributed by atoms with Crippen LogP contribution in [0.2, 0.25) is 0 Å². The Balaban J connectivity index is 2.36. The highest BCUT2D eigenvalue weighted by Crippen LogP contribution is 2.51. The molecule has 1 aromatic rings. The molecule has 15 heavy (non-hydrogen) atoms. The highest BCUT2D eigenvalue weighted by atomic mass is 19.3. The summed E-state index contributed by atoms with van der Waals surface area (Å²) < 4.78 is 27.1. The third-order valence-corrected chi connectivity index (χ3v) is 3.04. The fourth-order valence-corrected chi connectivity index (χ4v) is 2.21. The van der Waals surface area contributed by atoms with Crippen LogP contribution < -0.4 is 5.73 Å². The first kappa shape index (κ1) is 10.6. The van der Waals surface area contributed by atoms with Crippen LogP contribution >= 0.6 is 0 Å². The highest BCUT2D eigenvalue weighted by molar-refractivity contribution is 5.29. The molecule has 0 spiro atoms. The molecule has 0 saturated heterocycles. The summed E-state index contributed by atoms with van der Waals surface area (Å²) in [5, 5.41) is 0. The molecule has 1 atom stereocenters. The average Bonchev–Trinajstić information content (AvgIpc) is 2.83. The van der Waals surface area contributed by atoms with E-state index in [1.807, 2.05) is 6.07 Å². The van der Waals surface area contributed by atoms with Crippen molar-refractivity contribution in [2.24, 2.45) is 5.73 Å². The standard InChI is InChI=1S/C12H15F2N/c1-11(13,14)10(12(15)7-8-12)9-5-3-2-4-6-9/h2-6,10H,7-8,15H2,1H3. The van der Waals surface area contributed by atoms with Crippen LogP contribution in [-0.2, 0) is 0 Å². The lowest BCUT2D eigenvalue weighted by atomic mass is 9.85. The van der Waals surface area contributed by atoms with E-state index in [0.29, 0.717) is 18.4 Å². The third-order valence-electron chi connectivity index (χ3n) is 3.04. The number of nitrogens with two attached hydrogens (primary N) is 1. The van der Waals surface area contributed by atoms with Crippen molar-refractivity contribution in [1.29, 1.82) is 0 Å². The Morgan fingerprint density at radius 2 is 1.80 bits per heavy atom. The molecule has 0 amide bonds. The summed E-state index contributed by atoms with van der Waals surface area (Å²) in [6, 6.07) is 8.84. The molecule has 1 unspecified atom stereocenters. The molecular formula is C12H15F2N. The topological polar surface area (TPSA) is 26.0 Å². The van der Waals surface area contributed by atoms with E-state index in [2.05, 4.69) is 0 Å². The number of hydrogen-bond acceptors (Lipinski definition) is 1. The second-order valence-corrected chi connectivity index (χ2v) is 4.53. The second-order valence-electron chi connectivity index (χ2n) is 4.53. The van der Waals surface area contributed by atoms with Crippen LogP contribution in [0.5, 0.6) is 0 Å². The van der Waals surface area contributed by atoms with Gasteiger partial charge in [0.15, 0.2) is 0 Å². The molecule has 1 aromatic carbocycles. The summed E-state index contributed by atoms with van der Waals surface area (Å²) in [5.41, 5.74) is 5.88. The number of hydrogen-bond donors (Lipinski definition) is 1. The summed E-state index contributed by atoms with van der Waals surface area (Å²) in [6.45, 7) is 0.956. The van der Waals surface area contributed by atoms with Crippen LogP contribution in [0.25, 0.3) is 0 Å². The molecule has 2 rings (SSSR count). The molecular weight excluding hydrogens is 196 g/mol. The Labute approximate surface area is 88.3 Å². The summed E-state index contributed by atoms with van der Waals surface area (Å²) in [6.07, 6.45) is 1.38. The van der Waals surface area contributed by atoms with E-state index in [1.165, 1.54) is 0 Å². The Morgan fingerprint density at radius 3 is 2.20 bits per heavy atom. The van der Waals surface area contributed by atoms with Gasteiger partial charge in [-0.2, -0.15) is 0 Å². The number of halogens is 2. The van der Waals surface area contributed by atoms with Gasteiger partial charge in [-0.1, -0.05) is 30.3 Å². The van der Waals surface area contributed by atoms with Crippen molar-refractivity contribution in [1.82, 2.24) is 0 Å². The van der Waals surface area contributed by atoms with Gasteiger partial charge in [0.25, 0.3) is 5.92 Å². The molecule has 1 aliphatic rings. The minimum atomic E-state index is -2.76. The Bertz CT molecular complexity index is 333. The van der Waals surface area contributed by atoms with E-state index >= 15 is 0 Å². The molecule has 2 N–H and O–H groups in total. The lowest BCUT2D eigenvalue weighted by Gasteiger charge is -2.29. The molecule has 0 radical (unpaired) electrons. The predicted octanol–water partition coefficient (Wildman–Crippen LogP) is 2.92. The predicted molar refractivity (Wildman–Crippen MR) is 56.0 cm³/mol. The monoisotopic (exact) mass is 211 g/mol. The van der Waals surface area contributed by atoms with Crippen molar-refractivity contribution in [2.75, 3.05) is 0 Å². The number of alkyl halides is 2. The molecule has 0 aliphatic heterocycles. The first-order valence-corrected chi connectivity index (χ1v) is 5.15. The molecule has 1 saturated carbocycles. The molecule has 0 aromatic heterocycles. The summed E-state index contributed by atoms with van der Waals surface area (Å²) in [5.74, 6) is -3.61. The van der Waals surface area contributed by atoms with E-state index in [0.717, 1.165) is 6.92 Å². The lowest BCUT2D eigenvalue weighted by molar-refractivity contribution is -0.0195. The van der Waals surface area contributed by atoms with E-state index in [1.54, 1.807) is 24.3 Å². The van der Waals surface area contributed by atoms with Gasteiger partial charge >= 0.3 is 0 Å². The summed E-state index contributed by atoms with van der Waals surface area (Å²) in [4.78, 5) is 0. The van der Waals surface area contributed by atoms with Crippen molar-refractivity contribution >= 4 is 0 Å². The largest absolute Gasteiger partial charge is 0.324 e. The lowest BCUT2D eigenvalue weighted by Crippen LogP contribution is -2.40. The molecule has 1 nitrogen and oxygen atoms in total. The van der Waals surface area contributed by atoms with Crippen LogP contribution in [0, 0.1) is 0 Å². The van der Waals surface area contributed by atoms with Gasteiger partial charge < -0.3 is 5.73 Å². The quantitative estimate of drug-likeness (QED) is 0.817. The number of rotatable bonds is 3. The maximum atomic E-state index is 13.5. The SMILES string of the molecule is CC(F)(F)C(c1ccccc1)C1(N)CC1. The van der Waals surface area contributed by atoms with Crippen LogP contribution in [0.3, 0.4) is 0 Å². The third kappa shape index (κ3) is 2.02. The van der Waals surface area contributed by atoms with Gasteiger partial charge in [-0.25, -0.2) is 8.78 Å². The normalized spacial score (nSPS) is 21.1. The average molecular weight is 211 g/mol. The minimum absolute atomic E-state index is 0.644. The second kappa shape index (κ2) is 3.27. The molecule has 1 fully saturated rings. The van der Waals surface area contributed by atoms with Crippen LogP contribution in [-0.4, -0.2) is 11.5 Å².